The third-order valence-corrected chi connectivity index (χ3v) is 4.57. The highest BCUT2D eigenvalue weighted by molar-refractivity contribution is 5.21. The van der Waals surface area contributed by atoms with Crippen LogP contribution in [0.5, 0.6) is 0 Å². The Hall–Kier alpha value is -0.860. The summed E-state index contributed by atoms with van der Waals surface area (Å²) in [5, 5.41) is 3.72. The second-order valence-electron chi connectivity index (χ2n) is 6.17. The van der Waals surface area contributed by atoms with E-state index in [2.05, 4.69) is 36.5 Å². The average Bonchev–Trinajstić information content (AvgIpc) is 2.76. The molecule has 2 nitrogen and oxygen atoms in total. The molecule has 1 aromatic carbocycles. The van der Waals surface area contributed by atoms with Crippen LogP contribution >= 0.6 is 0 Å². The van der Waals surface area contributed by atoms with Gasteiger partial charge in [0.2, 0.25) is 0 Å². The predicted octanol–water partition coefficient (Wildman–Crippen LogP) is 4.28. The molecule has 1 aliphatic rings. The molecule has 1 aliphatic carbocycles. The Morgan fingerprint density at radius 2 is 1.65 bits per heavy atom. The molecule has 1 saturated carbocycles. The van der Waals surface area contributed by atoms with E-state index in [1.54, 1.807) is 7.11 Å². The lowest BCUT2D eigenvalue weighted by Gasteiger charge is -2.23. The summed E-state index contributed by atoms with van der Waals surface area (Å²) < 4.78 is 5.14. The topological polar surface area (TPSA) is 21.3 Å². The minimum Gasteiger partial charge on any atom is -0.380 e. The van der Waals surface area contributed by atoms with Gasteiger partial charge in [-0.3, -0.25) is 0 Å². The predicted molar refractivity (Wildman–Crippen MR) is 84.6 cm³/mol. The van der Waals surface area contributed by atoms with Crippen LogP contribution < -0.4 is 5.32 Å². The summed E-state index contributed by atoms with van der Waals surface area (Å²) >= 11 is 0. The lowest BCUT2D eigenvalue weighted by atomic mass is 9.93. The van der Waals surface area contributed by atoms with E-state index in [4.69, 9.17) is 4.74 Å². The lowest BCUT2D eigenvalue weighted by molar-refractivity contribution is 0.185. The first-order valence-electron chi connectivity index (χ1n) is 8.09. The normalized spacial score (nSPS) is 18.7. The van der Waals surface area contributed by atoms with Gasteiger partial charge in [0.05, 0.1) is 6.61 Å². The zero-order valence-electron chi connectivity index (χ0n) is 13.0. The van der Waals surface area contributed by atoms with Crippen LogP contribution in [-0.2, 0) is 17.9 Å². The average molecular weight is 275 g/mol. The molecular formula is C18H29NO. The van der Waals surface area contributed by atoms with Crippen molar-refractivity contribution in [3.8, 4) is 0 Å². The molecule has 1 aromatic rings. The molecule has 0 bridgehead atoms. The summed E-state index contributed by atoms with van der Waals surface area (Å²) in [5.74, 6) is 0.866. The van der Waals surface area contributed by atoms with Crippen LogP contribution in [0.4, 0.5) is 0 Å². The minimum atomic E-state index is 0.631. The Morgan fingerprint density at radius 1 is 1.05 bits per heavy atom. The SMILES string of the molecule is COCc1ccc(CN[C@H](C)C2CCCCCC2)cc1. The van der Waals surface area contributed by atoms with Crippen molar-refractivity contribution in [2.45, 2.75) is 64.6 Å². The summed E-state index contributed by atoms with van der Waals surface area (Å²) in [6.45, 7) is 4.03. The first-order chi connectivity index (χ1) is 9.79. The Bertz CT molecular complexity index is 366. The van der Waals surface area contributed by atoms with Gasteiger partial charge in [0, 0.05) is 19.7 Å². The second-order valence-corrected chi connectivity index (χ2v) is 6.17. The number of benzene rings is 1. The van der Waals surface area contributed by atoms with Crippen LogP contribution in [0.3, 0.4) is 0 Å². The highest BCUT2D eigenvalue weighted by atomic mass is 16.5. The third-order valence-electron chi connectivity index (χ3n) is 4.57. The van der Waals surface area contributed by atoms with Gasteiger partial charge in [0.25, 0.3) is 0 Å². The first kappa shape index (κ1) is 15.5. The highest BCUT2D eigenvalue weighted by Crippen LogP contribution is 2.25. The maximum Gasteiger partial charge on any atom is 0.0713 e. The van der Waals surface area contributed by atoms with Crippen LogP contribution in [0.1, 0.15) is 56.6 Å². The summed E-state index contributed by atoms with van der Waals surface area (Å²) in [5.41, 5.74) is 2.61. The number of methoxy groups -OCH3 is 1. The number of ether oxygens (including phenoxy) is 1. The summed E-state index contributed by atoms with van der Waals surface area (Å²) in [6.07, 6.45) is 8.51. The Kier molecular flexibility index (Phi) is 6.55. The van der Waals surface area contributed by atoms with E-state index >= 15 is 0 Å². The Labute approximate surface area is 123 Å². The van der Waals surface area contributed by atoms with Gasteiger partial charge in [-0.05, 0) is 36.8 Å². The number of rotatable bonds is 6. The Morgan fingerprint density at radius 3 is 2.25 bits per heavy atom. The lowest BCUT2D eigenvalue weighted by Crippen LogP contribution is -2.32. The molecular weight excluding hydrogens is 246 g/mol. The van der Waals surface area contributed by atoms with Crippen molar-refractivity contribution in [3.05, 3.63) is 35.4 Å². The summed E-state index contributed by atoms with van der Waals surface area (Å²) in [6, 6.07) is 9.38. The molecule has 0 saturated heterocycles. The summed E-state index contributed by atoms with van der Waals surface area (Å²) in [7, 11) is 1.74. The number of hydrogen-bond donors (Lipinski definition) is 1. The van der Waals surface area contributed by atoms with Gasteiger partial charge < -0.3 is 10.1 Å². The van der Waals surface area contributed by atoms with Crippen molar-refractivity contribution in [3.63, 3.8) is 0 Å². The standard InChI is InChI=1S/C18H29NO/c1-15(18-7-5-3-4-6-8-18)19-13-16-9-11-17(12-10-16)14-20-2/h9-12,15,18-19H,3-8,13-14H2,1-2H3/t15-/m1/s1. The molecule has 20 heavy (non-hydrogen) atoms. The maximum absolute atomic E-state index is 5.14. The van der Waals surface area contributed by atoms with E-state index < -0.39 is 0 Å². The van der Waals surface area contributed by atoms with Crippen molar-refractivity contribution >= 4 is 0 Å². The number of hydrogen-bond acceptors (Lipinski definition) is 2. The van der Waals surface area contributed by atoms with Crippen LogP contribution in [0.25, 0.3) is 0 Å². The molecule has 112 valence electrons. The van der Waals surface area contributed by atoms with Gasteiger partial charge in [-0.15, -0.1) is 0 Å². The molecule has 2 rings (SSSR count). The molecule has 0 aromatic heterocycles. The molecule has 1 atom stereocenters. The third kappa shape index (κ3) is 4.92. The first-order valence-corrected chi connectivity index (χ1v) is 8.09. The van der Waals surface area contributed by atoms with E-state index in [1.165, 1.54) is 49.7 Å². The zero-order valence-corrected chi connectivity index (χ0v) is 13.0. The Balaban J connectivity index is 1.78. The van der Waals surface area contributed by atoms with Crippen molar-refractivity contribution in [2.75, 3.05) is 7.11 Å². The van der Waals surface area contributed by atoms with E-state index in [0.29, 0.717) is 12.6 Å². The molecule has 0 amide bonds. The van der Waals surface area contributed by atoms with Crippen molar-refractivity contribution < 1.29 is 4.74 Å². The molecule has 0 unspecified atom stereocenters. The van der Waals surface area contributed by atoms with Gasteiger partial charge in [0.1, 0.15) is 0 Å². The van der Waals surface area contributed by atoms with E-state index in [1.807, 2.05) is 0 Å². The van der Waals surface area contributed by atoms with Crippen molar-refractivity contribution in [2.24, 2.45) is 5.92 Å². The van der Waals surface area contributed by atoms with Gasteiger partial charge in [-0.2, -0.15) is 0 Å². The van der Waals surface area contributed by atoms with Gasteiger partial charge in [-0.1, -0.05) is 49.9 Å². The molecule has 0 aliphatic heterocycles. The summed E-state index contributed by atoms with van der Waals surface area (Å²) in [4.78, 5) is 0. The smallest absolute Gasteiger partial charge is 0.0713 e. The van der Waals surface area contributed by atoms with Crippen LogP contribution in [0.15, 0.2) is 24.3 Å². The fourth-order valence-corrected chi connectivity index (χ4v) is 3.18. The minimum absolute atomic E-state index is 0.631. The van der Waals surface area contributed by atoms with E-state index in [0.717, 1.165) is 12.5 Å². The quantitative estimate of drug-likeness (QED) is 0.782. The van der Waals surface area contributed by atoms with Crippen molar-refractivity contribution in [1.82, 2.24) is 5.32 Å². The molecule has 2 heteroatoms. The molecule has 1 fully saturated rings. The molecule has 0 radical (unpaired) electrons. The fourth-order valence-electron chi connectivity index (χ4n) is 3.18. The highest BCUT2D eigenvalue weighted by Gasteiger charge is 2.18. The molecule has 1 N–H and O–H groups in total. The molecule has 0 heterocycles. The van der Waals surface area contributed by atoms with Gasteiger partial charge in [-0.25, -0.2) is 0 Å². The van der Waals surface area contributed by atoms with Crippen molar-refractivity contribution in [1.29, 1.82) is 0 Å². The monoisotopic (exact) mass is 275 g/mol. The van der Waals surface area contributed by atoms with E-state index in [9.17, 15) is 0 Å². The van der Waals surface area contributed by atoms with E-state index in [-0.39, 0.29) is 0 Å². The fraction of sp³-hybridized carbons (Fsp3) is 0.667. The molecule has 0 spiro atoms. The maximum atomic E-state index is 5.14. The van der Waals surface area contributed by atoms with Gasteiger partial charge in [0.15, 0.2) is 0 Å². The largest absolute Gasteiger partial charge is 0.380 e. The van der Waals surface area contributed by atoms with Crippen LogP contribution in [-0.4, -0.2) is 13.2 Å². The van der Waals surface area contributed by atoms with Crippen LogP contribution in [0.2, 0.25) is 0 Å². The van der Waals surface area contributed by atoms with Crippen LogP contribution in [0, 0.1) is 5.92 Å². The number of nitrogens with one attached hydrogen (secondary N) is 1. The van der Waals surface area contributed by atoms with Gasteiger partial charge >= 0.3 is 0 Å². The zero-order chi connectivity index (χ0) is 14.2. The second kappa shape index (κ2) is 8.43.